The maximum Gasteiger partial charge on any atom is 0.288 e. The van der Waals surface area contributed by atoms with Crippen LogP contribution >= 0.6 is 0 Å². The Balaban J connectivity index is 1.75. The lowest BCUT2D eigenvalue weighted by atomic mass is 10.0. The predicted octanol–water partition coefficient (Wildman–Crippen LogP) is 1.09. The van der Waals surface area contributed by atoms with Gasteiger partial charge in [0, 0.05) is 18.8 Å². The molecule has 0 unspecified atom stereocenters. The Morgan fingerprint density at radius 1 is 1.36 bits per heavy atom. The molecule has 2 N–H and O–H groups in total. The maximum atomic E-state index is 11.1. The van der Waals surface area contributed by atoms with Gasteiger partial charge in [-0.1, -0.05) is 0 Å². The molecule has 0 spiro atoms. The van der Waals surface area contributed by atoms with Crippen LogP contribution in [0.4, 0.5) is 5.69 Å². The van der Waals surface area contributed by atoms with Crippen molar-refractivity contribution in [3.8, 4) is 6.07 Å². The van der Waals surface area contributed by atoms with Crippen LogP contribution in [-0.4, -0.2) is 33.8 Å². The number of nitrogens with two attached hydrogens (primary N) is 1. The van der Waals surface area contributed by atoms with E-state index in [0.717, 1.165) is 31.6 Å². The molecule has 2 aromatic rings. The molecule has 0 bridgehead atoms. The number of nitrogens with zero attached hydrogens (tertiary/aromatic N) is 5. The van der Waals surface area contributed by atoms with E-state index < -0.39 is 5.91 Å². The molecular weight excluding hydrogens is 280 g/mol. The summed E-state index contributed by atoms with van der Waals surface area (Å²) in [5.41, 5.74) is 6.92. The van der Waals surface area contributed by atoms with E-state index in [4.69, 9.17) is 11.0 Å². The third-order valence-electron chi connectivity index (χ3n) is 3.86. The highest BCUT2D eigenvalue weighted by molar-refractivity contribution is 5.88. The number of hydrogen-bond donors (Lipinski definition) is 1. The van der Waals surface area contributed by atoms with Crippen molar-refractivity contribution in [3.63, 3.8) is 0 Å². The summed E-state index contributed by atoms with van der Waals surface area (Å²) >= 11 is 0. The summed E-state index contributed by atoms with van der Waals surface area (Å²) < 4.78 is 1.72. The molecule has 1 aromatic heterocycles. The van der Waals surface area contributed by atoms with Gasteiger partial charge in [0.15, 0.2) is 0 Å². The van der Waals surface area contributed by atoms with Crippen LogP contribution in [0.25, 0.3) is 0 Å². The average Bonchev–Trinajstić information content (AvgIpc) is 3.05. The van der Waals surface area contributed by atoms with E-state index in [2.05, 4.69) is 21.1 Å². The van der Waals surface area contributed by atoms with Crippen LogP contribution in [0.2, 0.25) is 0 Å². The van der Waals surface area contributed by atoms with Crippen LogP contribution in [0, 0.1) is 11.3 Å². The summed E-state index contributed by atoms with van der Waals surface area (Å²) in [5.74, 6) is -0.561. The molecule has 1 aromatic carbocycles. The van der Waals surface area contributed by atoms with E-state index in [1.165, 1.54) is 0 Å². The van der Waals surface area contributed by atoms with Crippen LogP contribution in [0.5, 0.6) is 0 Å². The number of hydrogen-bond acceptors (Lipinski definition) is 5. The minimum atomic E-state index is -0.612. The van der Waals surface area contributed by atoms with Crippen molar-refractivity contribution in [2.75, 3.05) is 18.0 Å². The van der Waals surface area contributed by atoms with E-state index >= 15 is 0 Å². The van der Waals surface area contributed by atoms with Gasteiger partial charge in [0.05, 0.1) is 17.7 Å². The Kier molecular flexibility index (Phi) is 3.74. The first-order valence-electron chi connectivity index (χ1n) is 7.13. The quantitative estimate of drug-likeness (QED) is 0.913. The Morgan fingerprint density at radius 3 is 2.77 bits per heavy atom. The van der Waals surface area contributed by atoms with E-state index in [-0.39, 0.29) is 11.9 Å². The SMILES string of the molecule is N#Cc1ccc(N2CCC[C@@H](n3cnc(C(N)=O)n3)C2)cc1. The summed E-state index contributed by atoms with van der Waals surface area (Å²) in [4.78, 5) is 17.3. The zero-order valence-electron chi connectivity index (χ0n) is 12.0. The predicted molar refractivity (Wildman–Crippen MR) is 80.2 cm³/mol. The summed E-state index contributed by atoms with van der Waals surface area (Å²) in [6.07, 6.45) is 3.57. The number of rotatable bonds is 3. The largest absolute Gasteiger partial charge is 0.369 e. The third kappa shape index (κ3) is 2.76. The Labute approximate surface area is 128 Å². The van der Waals surface area contributed by atoms with Crippen molar-refractivity contribution in [1.82, 2.24) is 14.8 Å². The van der Waals surface area contributed by atoms with Crippen LogP contribution in [0.15, 0.2) is 30.6 Å². The number of nitriles is 1. The third-order valence-corrected chi connectivity index (χ3v) is 3.86. The van der Waals surface area contributed by atoms with E-state index in [1.54, 1.807) is 11.0 Å². The highest BCUT2D eigenvalue weighted by atomic mass is 16.1. The summed E-state index contributed by atoms with van der Waals surface area (Å²) in [5, 5.41) is 13.0. The molecule has 7 nitrogen and oxygen atoms in total. The fraction of sp³-hybridized carbons (Fsp3) is 0.333. The molecule has 0 aliphatic carbocycles. The van der Waals surface area contributed by atoms with Gasteiger partial charge in [-0.15, -0.1) is 5.10 Å². The Bertz CT molecular complexity index is 714. The lowest BCUT2D eigenvalue weighted by Crippen LogP contribution is -2.36. The van der Waals surface area contributed by atoms with Gasteiger partial charge in [0.2, 0.25) is 5.82 Å². The fourth-order valence-electron chi connectivity index (χ4n) is 2.72. The molecule has 1 amide bonds. The van der Waals surface area contributed by atoms with Crippen LogP contribution in [0.3, 0.4) is 0 Å². The van der Waals surface area contributed by atoms with Gasteiger partial charge in [-0.2, -0.15) is 5.26 Å². The van der Waals surface area contributed by atoms with Crippen molar-refractivity contribution >= 4 is 11.6 Å². The zero-order valence-corrected chi connectivity index (χ0v) is 12.0. The van der Waals surface area contributed by atoms with Crippen molar-refractivity contribution in [3.05, 3.63) is 42.0 Å². The van der Waals surface area contributed by atoms with E-state index in [0.29, 0.717) is 5.56 Å². The number of piperidine rings is 1. The molecule has 0 saturated carbocycles. The molecule has 1 aliphatic heterocycles. The van der Waals surface area contributed by atoms with Crippen LogP contribution in [-0.2, 0) is 0 Å². The van der Waals surface area contributed by atoms with Gasteiger partial charge >= 0.3 is 0 Å². The van der Waals surface area contributed by atoms with Gasteiger partial charge in [-0.25, -0.2) is 9.67 Å². The van der Waals surface area contributed by atoms with Crippen molar-refractivity contribution in [1.29, 1.82) is 5.26 Å². The second-order valence-corrected chi connectivity index (χ2v) is 5.31. The molecule has 7 heteroatoms. The molecule has 3 rings (SSSR count). The Morgan fingerprint density at radius 2 is 2.14 bits per heavy atom. The monoisotopic (exact) mass is 296 g/mol. The van der Waals surface area contributed by atoms with Gasteiger partial charge in [-0.05, 0) is 37.1 Å². The van der Waals surface area contributed by atoms with E-state index in [1.807, 2.05) is 24.3 Å². The summed E-state index contributed by atoms with van der Waals surface area (Å²) in [6.45, 7) is 1.74. The first-order valence-corrected chi connectivity index (χ1v) is 7.13. The molecule has 0 radical (unpaired) electrons. The standard InChI is InChI=1S/C15H16N6O/c16-8-11-3-5-12(6-4-11)20-7-1-2-13(9-20)21-10-18-15(19-21)14(17)22/h3-6,10,13H,1-2,7,9H2,(H2,17,22)/t13-/m1/s1. The van der Waals surface area contributed by atoms with Crippen LogP contribution < -0.4 is 10.6 Å². The number of benzene rings is 1. The minimum absolute atomic E-state index is 0.0514. The molecular formula is C15H16N6O. The molecule has 22 heavy (non-hydrogen) atoms. The number of carbonyl (C=O) groups is 1. The van der Waals surface area contributed by atoms with Gasteiger partial charge in [0.25, 0.3) is 5.91 Å². The molecule has 1 atom stereocenters. The number of carbonyl (C=O) groups excluding carboxylic acids is 1. The number of anilines is 1. The van der Waals surface area contributed by atoms with Gasteiger partial charge < -0.3 is 10.6 Å². The number of amides is 1. The fourth-order valence-corrected chi connectivity index (χ4v) is 2.72. The van der Waals surface area contributed by atoms with Gasteiger partial charge in [-0.3, -0.25) is 4.79 Å². The molecule has 1 saturated heterocycles. The van der Waals surface area contributed by atoms with Crippen molar-refractivity contribution < 1.29 is 4.79 Å². The lowest BCUT2D eigenvalue weighted by molar-refractivity contribution is 0.0990. The van der Waals surface area contributed by atoms with Crippen molar-refractivity contribution in [2.24, 2.45) is 5.73 Å². The first kappa shape index (κ1) is 14.1. The zero-order chi connectivity index (χ0) is 15.5. The number of aromatic nitrogens is 3. The molecule has 2 heterocycles. The second kappa shape index (κ2) is 5.85. The first-order chi connectivity index (χ1) is 10.7. The van der Waals surface area contributed by atoms with Crippen LogP contribution in [0.1, 0.15) is 35.1 Å². The Hall–Kier alpha value is -2.88. The van der Waals surface area contributed by atoms with E-state index in [9.17, 15) is 4.79 Å². The molecule has 112 valence electrons. The lowest BCUT2D eigenvalue weighted by Gasteiger charge is -2.34. The van der Waals surface area contributed by atoms with Gasteiger partial charge in [0.1, 0.15) is 6.33 Å². The highest BCUT2D eigenvalue weighted by Gasteiger charge is 2.23. The normalized spacial score (nSPS) is 18.0. The molecule has 1 aliphatic rings. The minimum Gasteiger partial charge on any atom is -0.369 e. The summed E-state index contributed by atoms with van der Waals surface area (Å²) in [6, 6.07) is 9.83. The second-order valence-electron chi connectivity index (χ2n) is 5.31. The smallest absolute Gasteiger partial charge is 0.288 e. The average molecular weight is 296 g/mol. The maximum absolute atomic E-state index is 11.1. The molecule has 1 fully saturated rings. The summed E-state index contributed by atoms with van der Waals surface area (Å²) in [7, 11) is 0. The van der Waals surface area contributed by atoms with Crippen molar-refractivity contribution in [2.45, 2.75) is 18.9 Å². The highest BCUT2D eigenvalue weighted by Crippen LogP contribution is 2.25. The number of primary amides is 1. The topological polar surface area (TPSA) is 101 Å².